The van der Waals surface area contributed by atoms with Crippen LogP contribution in [0.2, 0.25) is 0 Å². The number of nitrogens with zero attached hydrogens (tertiary/aromatic N) is 1. The molecule has 0 spiro atoms. The van der Waals surface area contributed by atoms with Crippen molar-refractivity contribution in [2.45, 2.75) is 38.5 Å². The Labute approximate surface area is 103 Å². The summed E-state index contributed by atoms with van der Waals surface area (Å²) in [6.07, 6.45) is 2.63. The number of ether oxygens (including phenoxy) is 1. The van der Waals surface area contributed by atoms with Crippen molar-refractivity contribution >= 4 is 0 Å². The summed E-state index contributed by atoms with van der Waals surface area (Å²) in [5, 5.41) is 9.25. The van der Waals surface area contributed by atoms with Gasteiger partial charge in [-0.2, -0.15) is 0 Å². The highest BCUT2D eigenvalue weighted by molar-refractivity contribution is 5.25. The Morgan fingerprint density at radius 1 is 1.35 bits per heavy atom. The number of likely N-dealkylation sites (tertiary alicyclic amines) is 1. The summed E-state index contributed by atoms with van der Waals surface area (Å²) in [4.78, 5) is 2.47. The van der Waals surface area contributed by atoms with Crippen LogP contribution in [0.3, 0.4) is 0 Å². The highest BCUT2D eigenvalue weighted by Gasteiger charge is 2.24. The van der Waals surface area contributed by atoms with Crippen LogP contribution in [0, 0.1) is 0 Å². The van der Waals surface area contributed by atoms with Crippen LogP contribution < -0.4 is 0 Å². The molecule has 3 heteroatoms. The number of benzene rings is 1. The Balaban J connectivity index is 1.93. The van der Waals surface area contributed by atoms with Gasteiger partial charge in [0.05, 0.1) is 6.10 Å². The average molecular weight is 235 g/mol. The molecule has 17 heavy (non-hydrogen) atoms. The van der Waals surface area contributed by atoms with Crippen molar-refractivity contribution in [1.82, 2.24) is 4.90 Å². The number of phenols is 1. The van der Waals surface area contributed by atoms with E-state index in [1.807, 2.05) is 12.1 Å². The molecule has 1 aliphatic rings. The van der Waals surface area contributed by atoms with Gasteiger partial charge >= 0.3 is 0 Å². The lowest BCUT2D eigenvalue weighted by Gasteiger charge is -2.37. The minimum absolute atomic E-state index is 0.333. The van der Waals surface area contributed by atoms with Crippen LogP contribution in [0.1, 0.15) is 25.3 Å². The van der Waals surface area contributed by atoms with Crippen LogP contribution in [0.15, 0.2) is 24.3 Å². The minimum atomic E-state index is 0.333. The quantitative estimate of drug-likeness (QED) is 0.873. The van der Waals surface area contributed by atoms with Crippen LogP contribution in [0.5, 0.6) is 5.75 Å². The zero-order chi connectivity index (χ0) is 12.3. The molecule has 1 aliphatic heterocycles. The Morgan fingerprint density at radius 2 is 2.06 bits per heavy atom. The van der Waals surface area contributed by atoms with Crippen molar-refractivity contribution in [2.75, 3.05) is 13.7 Å². The normalized spacial score (nSPS) is 26.0. The van der Waals surface area contributed by atoms with Crippen molar-refractivity contribution in [3.63, 3.8) is 0 Å². The third-order valence-corrected chi connectivity index (χ3v) is 3.62. The number of hydrogen-bond acceptors (Lipinski definition) is 3. The zero-order valence-corrected chi connectivity index (χ0v) is 10.6. The Kier molecular flexibility index (Phi) is 4.02. The smallest absolute Gasteiger partial charge is 0.115 e. The Bertz CT molecular complexity index is 350. The Morgan fingerprint density at radius 3 is 2.65 bits per heavy atom. The summed E-state index contributed by atoms with van der Waals surface area (Å²) >= 11 is 0. The molecule has 0 amide bonds. The molecule has 94 valence electrons. The molecule has 1 aromatic rings. The number of phenolic OH excluding ortho intramolecular Hbond substituents is 1. The number of piperidine rings is 1. The fourth-order valence-electron chi connectivity index (χ4n) is 2.46. The molecule has 2 rings (SSSR count). The molecular weight excluding hydrogens is 214 g/mol. The molecule has 1 heterocycles. The molecule has 1 aromatic carbocycles. The maximum Gasteiger partial charge on any atom is 0.115 e. The second-order valence-electron chi connectivity index (χ2n) is 4.87. The molecule has 3 nitrogen and oxygen atoms in total. The summed E-state index contributed by atoms with van der Waals surface area (Å²) in [7, 11) is 1.80. The van der Waals surface area contributed by atoms with Crippen molar-refractivity contribution in [2.24, 2.45) is 0 Å². The van der Waals surface area contributed by atoms with Crippen LogP contribution >= 0.6 is 0 Å². The SMILES string of the molecule is COC1CCN(Cc2ccc(O)cc2)C(C)C1. The molecule has 1 fully saturated rings. The lowest BCUT2D eigenvalue weighted by atomic mass is 10.00. The van der Waals surface area contributed by atoms with E-state index >= 15 is 0 Å². The average Bonchev–Trinajstić information content (AvgIpc) is 2.34. The number of methoxy groups -OCH3 is 1. The molecule has 0 saturated carbocycles. The van der Waals surface area contributed by atoms with Gasteiger partial charge in [0.25, 0.3) is 0 Å². The van der Waals surface area contributed by atoms with E-state index in [-0.39, 0.29) is 0 Å². The van der Waals surface area contributed by atoms with Gasteiger partial charge in [-0.05, 0) is 37.5 Å². The largest absolute Gasteiger partial charge is 0.508 e. The van der Waals surface area contributed by atoms with Crippen molar-refractivity contribution in [3.05, 3.63) is 29.8 Å². The predicted octanol–water partition coefficient (Wildman–Crippen LogP) is 2.39. The van der Waals surface area contributed by atoms with Gasteiger partial charge in [-0.3, -0.25) is 4.90 Å². The van der Waals surface area contributed by atoms with E-state index in [1.54, 1.807) is 19.2 Å². The monoisotopic (exact) mass is 235 g/mol. The topological polar surface area (TPSA) is 32.7 Å². The van der Waals surface area contributed by atoms with E-state index in [9.17, 15) is 5.11 Å². The minimum Gasteiger partial charge on any atom is -0.508 e. The number of hydrogen-bond donors (Lipinski definition) is 1. The second-order valence-corrected chi connectivity index (χ2v) is 4.87. The first-order valence-corrected chi connectivity index (χ1v) is 6.24. The van der Waals surface area contributed by atoms with Gasteiger partial charge in [-0.25, -0.2) is 0 Å². The Hall–Kier alpha value is -1.06. The number of aromatic hydroxyl groups is 1. The van der Waals surface area contributed by atoms with Crippen LogP contribution in [-0.2, 0) is 11.3 Å². The number of rotatable bonds is 3. The third-order valence-electron chi connectivity index (χ3n) is 3.62. The van der Waals surface area contributed by atoms with E-state index in [0.29, 0.717) is 17.9 Å². The molecule has 1 N–H and O–H groups in total. The predicted molar refractivity (Wildman–Crippen MR) is 68.0 cm³/mol. The van der Waals surface area contributed by atoms with Gasteiger partial charge in [0.1, 0.15) is 5.75 Å². The zero-order valence-electron chi connectivity index (χ0n) is 10.6. The molecular formula is C14H21NO2. The van der Waals surface area contributed by atoms with Gasteiger partial charge in [0, 0.05) is 26.2 Å². The van der Waals surface area contributed by atoms with Crippen molar-refractivity contribution < 1.29 is 9.84 Å². The first kappa shape index (κ1) is 12.4. The van der Waals surface area contributed by atoms with Gasteiger partial charge in [0.2, 0.25) is 0 Å². The summed E-state index contributed by atoms with van der Waals surface area (Å²) in [5.41, 5.74) is 1.26. The standard InChI is InChI=1S/C14H21NO2/c1-11-9-14(17-2)7-8-15(11)10-12-3-5-13(16)6-4-12/h3-6,11,14,16H,7-10H2,1-2H3. The molecule has 0 aliphatic carbocycles. The summed E-state index contributed by atoms with van der Waals surface area (Å²) in [6.45, 7) is 4.30. The first-order valence-electron chi connectivity index (χ1n) is 6.24. The highest BCUT2D eigenvalue weighted by Crippen LogP contribution is 2.22. The van der Waals surface area contributed by atoms with Crippen molar-refractivity contribution in [3.8, 4) is 5.75 Å². The van der Waals surface area contributed by atoms with Gasteiger partial charge < -0.3 is 9.84 Å². The maximum absolute atomic E-state index is 9.25. The maximum atomic E-state index is 9.25. The second kappa shape index (κ2) is 5.52. The van der Waals surface area contributed by atoms with Crippen molar-refractivity contribution in [1.29, 1.82) is 0 Å². The summed E-state index contributed by atoms with van der Waals surface area (Å²) in [6, 6.07) is 8.04. The van der Waals surface area contributed by atoms with Gasteiger partial charge in [0.15, 0.2) is 0 Å². The third kappa shape index (κ3) is 3.20. The lowest BCUT2D eigenvalue weighted by molar-refractivity contribution is 0.0130. The van der Waals surface area contributed by atoms with E-state index in [1.165, 1.54) is 5.56 Å². The summed E-state index contributed by atoms with van der Waals surface area (Å²) in [5.74, 6) is 0.333. The van der Waals surface area contributed by atoms with E-state index in [4.69, 9.17) is 4.74 Å². The van der Waals surface area contributed by atoms with E-state index < -0.39 is 0 Å². The first-order chi connectivity index (χ1) is 8.19. The van der Waals surface area contributed by atoms with Crippen LogP contribution in [0.4, 0.5) is 0 Å². The van der Waals surface area contributed by atoms with Crippen LogP contribution in [-0.4, -0.2) is 35.8 Å². The summed E-state index contributed by atoms with van der Waals surface area (Å²) < 4.78 is 5.42. The highest BCUT2D eigenvalue weighted by atomic mass is 16.5. The van der Waals surface area contributed by atoms with Gasteiger partial charge in [-0.15, -0.1) is 0 Å². The molecule has 1 saturated heterocycles. The molecule has 0 bridgehead atoms. The fraction of sp³-hybridized carbons (Fsp3) is 0.571. The fourth-order valence-corrected chi connectivity index (χ4v) is 2.46. The lowest BCUT2D eigenvalue weighted by Crippen LogP contribution is -2.42. The molecule has 2 unspecified atom stereocenters. The van der Waals surface area contributed by atoms with E-state index in [0.717, 1.165) is 25.9 Å². The van der Waals surface area contributed by atoms with E-state index in [2.05, 4.69) is 11.8 Å². The molecule has 0 radical (unpaired) electrons. The molecule has 2 atom stereocenters. The van der Waals surface area contributed by atoms with Crippen LogP contribution in [0.25, 0.3) is 0 Å². The molecule has 0 aromatic heterocycles. The van der Waals surface area contributed by atoms with Gasteiger partial charge in [-0.1, -0.05) is 12.1 Å².